The minimum atomic E-state index is -2.12. The van der Waals surface area contributed by atoms with Crippen LogP contribution in [0.25, 0.3) is 0 Å². The summed E-state index contributed by atoms with van der Waals surface area (Å²) >= 11 is 5.88. The number of carboxylic acid groups (broad SMARTS) is 1. The van der Waals surface area contributed by atoms with E-state index in [4.69, 9.17) is 11.6 Å². The number of hydrogen-bond acceptors (Lipinski definition) is 5. The first kappa shape index (κ1) is 25.2. The molecule has 1 heterocycles. The van der Waals surface area contributed by atoms with Gasteiger partial charge in [-0.2, -0.15) is 0 Å². The lowest BCUT2D eigenvalue weighted by Crippen LogP contribution is -2.10. The van der Waals surface area contributed by atoms with Crippen LogP contribution in [-0.2, 0) is 17.3 Å². The van der Waals surface area contributed by atoms with Crippen molar-refractivity contribution in [2.75, 3.05) is 5.32 Å². The van der Waals surface area contributed by atoms with Crippen molar-refractivity contribution < 1.29 is 27.7 Å². The highest BCUT2D eigenvalue weighted by molar-refractivity contribution is 7.85. The van der Waals surface area contributed by atoms with E-state index < -0.39 is 39.8 Å². The second-order valence-electron chi connectivity index (χ2n) is 7.60. The molecule has 0 amide bonds. The van der Waals surface area contributed by atoms with Crippen LogP contribution in [0.4, 0.5) is 14.5 Å². The zero-order valence-corrected chi connectivity index (χ0v) is 19.9. The number of anilines is 1. The van der Waals surface area contributed by atoms with Gasteiger partial charge in [-0.3, -0.25) is 9.78 Å². The maximum absolute atomic E-state index is 13.6. The third-order valence-electron chi connectivity index (χ3n) is 5.18. The average molecular weight is 527 g/mol. The molecule has 2 N–H and O–H groups in total. The fraction of sp³-hybridized carbons (Fsp3) is 0.0385. The molecule has 0 saturated carbocycles. The number of nitrogens with zero attached hydrogens (tertiary/aromatic N) is 1. The number of pyridine rings is 1. The largest absolute Gasteiger partial charge is 0.478 e. The van der Waals surface area contributed by atoms with Crippen molar-refractivity contribution in [1.29, 1.82) is 0 Å². The van der Waals surface area contributed by atoms with Crippen LogP contribution in [0.2, 0.25) is 5.02 Å². The van der Waals surface area contributed by atoms with Crippen molar-refractivity contribution in [2.24, 2.45) is 0 Å². The summed E-state index contributed by atoms with van der Waals surface area (Å²) in [7, 11) is -2.12. The van der Waals surface area contributed by atoms with Gasteiger partial charge in [-0.05, 0) is 66.2 Å². The summed E-state index contributed by atoms with van der Waals surface area (Å²) in [5.41, 5.74) is 1.38. The molecule has 1 atom stereocenters. The number of halogens is 3. The summed E-state index contributed by atoms with van der Waals surface area (Å²) in [6, 6.07) is 16.8. The topological polar surface area (TPSA) is 96.4 Å². The Hall–Kier alpha value is -3.95. The quantitative estimate of drug-likeness (QED) is 0.285. The molecule has 6 nitrogen and oxygen atoms in total. The van der Waals surface area contributed by atoms with E-state index in [1.165, 1.54) is 24.4 Å². The first-order valence-electron chi connectivity index (χ1n) is 10.5. The van der Waals surface area contributed by atoms with Crippen molar-refractivity contribution in [3.8, 4) is 0 Å². The normalized spacial score (nSPS) is 11.6. The number of aromatic nitrogens is 1. The molecule has 0 radical (unpaired) electrons. The molecule has 1 unspecified atom stereocenters. The Balaban J connectivity index is 1.53. The van der Waals surface area contributed by atoms with Gasteiger partial charge in [0.2, 0.25) is 5.78 Å². The molecule has 0 aliphatic rings. The molecule has 0 fully saturated rings. The highest BCUT2D eigenvalue weighted by atomic mass is 35.5. The van der Waals surface area contributed by atoms with Crippen LogP contribution < -0.4 is 5.32 Å². The molecule has 36 heavy (non-hydrogen) atoms. The highest BCUT2D eigenvalue weighted by Crippen LogP contribution is 2.24. The van der Waals surface area contributed by atoms with Crippen molar-refractivity contribution >= 4 is 39.8 Å². The van der Waals surface area contributed by atoms with Gasteiger partial charge < -0.3 is 10.4 Å². The minimum Gasteiger partial charge on any atom is -0.478 e. The lowest BCUT2D eigenvalue weighted by Gasteiger charge is -2.10. The molecule has 0 aliphatic heterocycles. The molecule has 0 spiro atoms. The first-order valence-corrected chi connectivity index (χ1v) is 12.0. The summed E-state index contributed by atoms with van der Waals surface area (Å²) < 4.78 is 39.6. The number of carbonyl (C=O) groups excluding carboxylic acids is 1. The van der Waals surface area contributed by atoms with E-state index in [1.807, 2.05) is 12.1 Å². The number of rotatable bonds is 8. The van der Waals surface area contributed by atoms with E-state index in [0.717, 1.165) is 29.8 Å². The van der Waals surface area contributed by atoms with Gasteiger partial charge in [0.25, 0.3) is 0 Å². The molecule has 182 valence electrons. The summed E-state index contributed by atoms with van der Waals surface area (Å²) in [5.74, 6) is -4.28. The third-order valence-corrected chi connectivity index (χ3v) is 6.87. The van der Waals surface area contributed by atoms with E-state index in [2.05, 4.69) is 10.3 Å². The van der Waals surface area contributed by atoms with Crippen LogP contribution in [0.1, 0.15) is 32.0 Å². The Kier molecular flexibility index (Phi) is 7.52. The van der Waals surface area contributed by atoms with Crippen LogP contribution in [0.5, 0.6) is 0 Å². The number of carbonyl (C=O) groups is 2. The fourth-order valence-corrected chi connectivity index (χ4v) is 4.63. The van der Waals surface area contributed by atoms with Gasteiger partial charge in [0.15, 0.2) is 11.6 Å². The van der Waals surface area contributed by atoms with Gasteiger partial charge >= 0.3 is 5.97 Å². The number of aromatic carboxylic acids is 1. The fourth-order valence-electron chi connectivity index (χ4n) is 3.31. The van der Waals surface area contributed by atoms with E-state index in [1.54, 1.807) is 18.2 Å². The van der Waals surface area contributed by atoms with Crippen molar-refractivity contribution in [2.45, 2.75) is 16.3 Å². The van der Waals surface area contributed by atoms with Crippen LogP contribution in [0.15, 0.2) is 88.8 Å². The predicted molar refractivity (Wildman–Crippen MR) is 131 cm³/mol. The van der Waals surface area contributed by atoms with E-state index in [0.29, 0.717) is 17.3 Å². The standard InChI is InChI=1S/C26H17ClF2N2O4S/c27-17-4-1-15(2-5-17)13-30-18-6-9-23(31-14-18)25(32)16-3-10-24(20(11-16)26(33)34)36(35)19-7-8-21(28)22(29)12-19/h1-12,14,30H,13H2,(H,33,34). The first-order chi connectivity index (χ1) is 17.2. The number of nitrogens with one attached hydrogen (secondary N) is 1. The van der Waals surface area contributed by atoms with Crippen LogP contribution in [0.3, 0.4) is 0 Å². The molecular weight excluding hydrogens is 510 g/mol. The average Bonchev–Trinajstić information content (AvgIpc) is 2.89. The van der Waals surface area contributed by atoms with Crippen molar-refractivity contribution in [3.05, 3.63) is 118 Å². The molecular formula is C26H17ClF2N2O4S. The van der Waals surface area contributed by atoms with Gasteiger partial charge in [-0.15, -0.1) is 0 Å². The predicted octanol–water partition coefficient (Wildman–Crippen LogP) is 5.72. The Morgan fingerprint density at radius 2 is 1.69 bits per heavy atom. The number of benzene rings is 3. The zero-order valence-electron chi connectivity index (χ0n) is 18.4. The number of carboxylic acids is 1. The van der Waals surface area contributed by atoms with Crippen molar-refractivity contribution in [1.82, 2.24) is 4.98 Å². The minimum absolute atomic E-state index is 0.0211. The van der Waals surface area contributed by atoms with Gasteiger partial charge in [-0.25, -0.2) is 17.8 Å². The van der Waals surface area contributed by atoms with Gasteiger partial charge in [0, 0.05) is 22.0 Å². The maximum Gasteiger partial charge on any atom is 0.336 e. The number of ketones is 1. The monoisotopic (exact) mass is 526 g/mol. The van der Waals surface area contributed by atoms with Crippen LogP contribution >= 0.6 is 11.6 Å². The van der Waals surface area contributed by atoms with E-state index in [-0.39, 0.29) is 21.0 Å². The third kappa shape index (κ3) is 5.64. The Labute approximate surface area is 212 Å². The molecule has 10 heteroatoms. The molecule has 0 bridgehead atoms. The highest BCUT2D eigenvalue weighted by Gasteiger charge is 2.21. The summed E-state index contributed by atoms with van der Waals surface area (Å²) in [6.07, 6.45) is 1.48. The second-order valence-corrected chi connectivity index (χ2v) is 9.49. The molecule has 1 aromatic heterocycles. The second kappa shape index (κ2) is 10.8. The van der Waals surface area contributed by atoms with Crippen molar-refractivity contribution in [3.63, 3.8) is 0 Å². The van der Waals surface area contributed by atoms with Crippen LogP contribution in [0, 0.1) is 11.6 Å². The molecule has 0 aliphatic carbocycles. The molecule has 4 rings (SSSR count). The Bertz CT molecular complexity index is 1480. The number of hydrogen-bond donors (Lipinski definition) is 2. The zero-order chi connectivity index (χ0) is 25.8. The molecule has 4 aromatic rings. The lowest BCUT2D eigenvalue weighted by molar-refractivity contribution is 0.0693. The van der Waals surface area contributed by atoms with Gasteiger partial charge in [0.05, 0.1) is 33.1 Å². The lowest BCUT2D eigenvalue weighted by atomic mass is 10.0. The Morgan fingerprint density at radius 3 is 2.33 bits per heavy atom. The van der Waals surface area contributed by atoms with Gasteiger partial charge in [-0.1, -0.05) is 23.7 Å². The molecule has 0 saturated heterocycles. The smallest absolute Gasteiger partial charge is 0.336 e. The summed E-state index contributed by atoms with van der Waals surface area (Å²) in [6.45, 7) is 0.519. The van der Waals surface area contributed by atoms with Crippen LogP contribution in [-0.4, -0.2) is 26.1 Å². The maximum atomic E-state index is 13.6. The molecule has 3 aromatic carbocycles. The summed E-state index contributed by atoms with van der Waals surface area (Å²) in [5, 5.41) is 13.4. The Morgan fingerprint density at radius 1 is 0.944 bits per heavy atom. The SMILES string of the molecule is O=C(c1ccc(S(=O)c2ccc(F)c(F)c2)c(C(=O)O)c1)c1ccc(NCc2ccc(Cl)cc2)cn1. The summed E-state index contributed by atoms with van der Waals surface area (Å²) in [4.78, 5) is 28.6. The van der Waals surface area contributed by atoms with E-state index >= 15 is 0 Å². The van der Waals surface area contributed by atoms with Gasteiger partial charge in [0.1, 0.15) is 5.69 Å². The van der Waals surface area contributed by atoms with E-state index in [9.17, 15) is 27.7 Å².